The highest BCUT2D eigenvalue weighted by atomic mass is 32.1. The first-order valence-corrected chi connectivity index (χ1v) is 7.12. The first-order valence-electron chi connectivity index (χ1n) is 5.43. The average molecular weight is 263 g/mol. The van der Waals surface area contributed by atoms with E-state index >= 15 is 0 Å². The van der Waals surface area contributed by atoms with E-state index in [4.69, 9.17) is 5.73 Å². The summed E-state index contributed by atoms with van der Waals surface area (Å²) in [5.41, 5.74) is 6.24. The van der Waals surface area contributed by atoms with Crippen molar-refractivity contribution in [3.8, 4) is 0 Å². The zero-order valence-electron chi connectivity index (χ0n) is 9.46. The Balaban J connectivity index is 1.84. The maximum Gasteiger partial charge on any atom is 0.110 e. The summed E-state index contributed by atoms with van der Waals surface area (Å²) in [5, 5.41) is 2.12. The predicted octanol–water partition coefficient (Wildman–Crippen LogP) is 2.94. The summed E-state index contributed by atoms with van der Waals surface area (Å²) in [6.45, 7) is 0. The van der Waals surface area contributed by atoms with Crippen LogP contribution in [0.25, 0.3) is 9.40 Å². The zero-order chi connectivity index (χ0) is 11.8. The summed E-state index contributed by atoms with van der Waals surface area (Å²) in [5.74, 6) is 1.04. The molecule has 3 aromatic rings. The van der Waals surface area contributed by atoms with Gasteiger partial charge in [-0.05, 0) is 17.5 Å². The van der Waals surface area contributed by atoms with Crippen molar-refractivity contribution in [1.82, 2.24) is 9.55 Å². The maximum absolute atomic E-state index is 6.24. The normalized spacial score (nSPS) is 13.3. The molecule has 0 saturated carbocycles. The molecule has 0 aliphatic heterocycles. The molecule has 17 heavy (non-hydrogen) atoms. The van der Waals surface area contributed by atoms with Crippen LogP contribution in [0.4, 0.5) is 0 Å². The van der Waals surface area contributed by atoms with Crippen molar-refractivity contribution in [3.05, 3.63) is 40.6 Å². The molecule has 3 nitrogen and oxygen atoms in total. The van der Waals surface area contributed by atoms with Gasteiger partial charge in [-0.15, -0.1) is 22.7 Å². The van der Waals surface area contributed by atoms with Gasteiger partial charge in [0.15, 0.2) is 0 Å². The second-order valence-electron chi connectivity index (χ2n) is 4.06. The van der Waals surface area contributed by atoms with E-state index in [1.165, 1.54) is 14.3 Å². The van der Waals surface area contributed by atoms with Gasteiger partial charge in [0.2, 0.25) is 0 Å². The van der Waals surface area contributed by atoms with E-state index in [1.54, 1.807) is 22.7 Å². The van der Waals surface area contributed by atoms with Crippen LogP contribution in [0.2, 0.25) is 0 Å². The van der Waals surface area contributed by atoms with Crippen LogP contribution < -0.4 is 5.73 Å². The molecular weight excluding hydrogens is 250 g/mol. The Bertz CT molecular complexity index is 606. The van der Waals surface area contributed by atoms with Gasteiger partial charge >= 0.3 is 0 Å². The fourth-order valence-electron chi connectivity index (χ4n) is 1.86. The summed E-state index contributed by atoms with van der Waals surface area (Å²) in [6.07, 6.45) is 4.56. The molecule has 3 aromatic heterocycles. The molecule has 0 fully saturated rings. The summed E-state index contributed by atoms with van der Waals surface area (Å²) >= 11 is 3.56. The number of aromatic nitrogens is 2. The Labute approximate surface area is 108 Å². The first-order chi connectivity index (χ1) is 8.24. The Morgan fingerprint density at radius 2 is 2.35 bits per heavy atom. The van der Waals surface area contributed by atoms with E-state index in [9.17, 15) is 0 Å². The number of rotatable bonds is 3. The number of hydrogen-bond acceptors (Lipinski definition) is 4. The summed E-state index contributed by atoms with van der Waals surface area (Å²) in [6, 6.07) is 4.40. The van der Waals surface area contributed by atoms with Crippen LogP contribution in [0.15, 0.2) is 29.9 Å². The van der Waals surface area contributed by atoms with Crippen LogP contribution >= 0.6 is 22.7 Å². The Kier molecular flexibility index (Phi) is 2.74. The van der Waals surface area contributed by atoms with Crippen molar-refractivity contribution in [2.75, 3.05) is 0 Å². The lowest BCUT2D eigenvalue weighted by atomic mass is 10.2. The molecule has 0 aliphatic rings. The summed E-state index contributed by atoms with van der Waals surface area (Å²) < 4.78 is 4.69. The van der Waals surface area contributed by atoms with Gasteiger partial charge < -0.3 is 10.3 Å². The molecule has 0 radical (unpaired) electrons. The van der Waals surface area contributed by atoms with Gasteiger partial charge in [-0.3, -0.25) is 0 Å². The number of imidazole rings is 1. The van der Waals surface area contributed by atoms with Crippen LogP contribution in [0.3, 0.4) is 0 Å². The molecule has 0 saturated heterocycles. The molecule has 0 amide bonds. The molecule has 0 aromatic carbocycles. The topological polar surface area (TPSA) is 43.8 Å². The Hall–Kier alpha value is -1.17. The van der Waals surface area contributed by atoms with E-state index in [-0.39, 0.29) is 6.04 Å². The number of thiophene rings is 2. The quantitative estimate of drug-likeness (QED) is 0.789. The number of nitrogens with two attached hydrogens (primary N) is 1. The minimum absolute atomic E-state index is 0.0423. The number of hydrogen-bond donors (Lipinski definition) is 1. The minimum atomic E-state index is 0.0423. The lowest BCUT2D eigenvalue weighted by Crippen LogP contribution is -2.14. The average Bonchev–Trinajstić information content (AvgIpc) is 2.93. The molecule has 0 spiro atoms. The third-order valence-electron chi connectivity index (χ3n) is 2.85. The lowest BCUT2D eigenvalue weighted by molar-refractivity contribution is 0.669. The van der Waals surface area contributed by atoms with Crippen LogP contribution in [-0.2, 0) is 13.5 Å². The van der Waals surface area contributed by atoms with Gasteiger partial charge in [0.05, 0.1) is 0 Å². The highest BCUT2D eigenvalue weighted by molar-refractivity contribution is 7.26. The number of nitrogens with zero attached hydrogens (tertiary/aromatic N) is 2. The molecule has 1 atom stereocenters. The van der Waals surface area contributed by atoms with E-state index < -0.39 is 0 Å². The maximum atomic E-state index is 6.24. The molecule has 1 unspecified atom stereocenters. The largest absolute Gasteiger partial charge is 0.338 e. The van der Waals surface area contributed by atoms with Crippen LogP contribution in [0, 0.1) is 0 Å². The highest BCUT2D eigenvalue weighted by Gasteiger charge is 2.13. The van der Waals surface area contributed by atoms with Gasteiger partial charge in [0, 0.05) is 46.2 Å². The number of aryl methyl sites for hydroxylation is 1. The second-order valence-corrected chi connectivity index (χ2v) is 6.13. The molecule has 3 heterocycles. The predicted molar refractivity (Wildman–Crippen MR) is 73.5 cm³/mol. The van der Waals surface area contributed by atoms with E-state index in [2.05, 4.69) is 22.5 Å². The van der Waals surface area contributed by atoms with Crippen LogP contribution in [-0.4, -0.2) is 9.55 Å². The minimum Gasteiger partial charge on any atom is -0.338 e. The van der Waals surface area contributed by atoms with Crippen molar-refractivity contribution >= 4 is 32.1 Å². The summed E-state index contributed by atoms with van der Waals surface area (Å²) in [7, 11) is 2.00. The molecular formula is C12H13N3S2. The van der Waals surface area contributed by atoms with Crippen molar-refractivity contribution in [2.45, 2.75) is 12.5 Å². The van der Waals surface area contributed by atoms with Crippen molar-refractivity contribution < 1.29 is 0 Å². The summed E-state index contributed by atoms with van der Waals surface area (Å²) in [4.78, 5) is 5.56. The third kappa shape index (κ3) is 2.01. The smallest absolute Gasteiger partial charge is 0.110 e. The third-order valence-corrected chi connectivity index (χ3v) is 5.07. The highest BCUT2D eigenvalue weighted by Crippen LogP contribution is 2.33. The zero-order valence-corrected chi connectivity index (χ0v) is 11.1. The van der Waals surface area contributed by atoms with Crippen molar-refractivity contribution in [1.29, 1.82) is 0 Å². The van der Waals surface area contributed by atoms with Crippen molar-refractivity contribution in [3.63, 3.8) is 0 Å². The molecule has 5 heteroatoms. The molecule has 88 valence electrons. The molecule has 0 aliphatic carbocycles. The Morgan fingerprint density at radius 3 is 3.06 bits per heavy atom. The molecule has 2 N–H and O–H groups in total. The molecule has 3 rings (SSSR count). The van der Waals surface area contributed by atoms with Gasteiger partial charge in [-0.25, -0.2) is 4.98 Å². The molecule has 0 bridgehead atoms. The van der Waals surface area contributed by atoms with Crippen LogP contribution in [0.5, 0.6) is 0 Å². The van der Waals surface area contributed by atoms with E-state index in [0.29, 0.717) is 0 Å². The fraction of sp³-hybridized carbons (Fsp3) is 0.250. The van der Waals surface area contributed by atoms with Gasteiger partial charge in [-0.1, -0.05) is 0 Å². The Morgan fingerprint density at radius 1 is 1.47 bits per heavy atom. The van der Waals surface area contributed by atoms with Gasteiger partial charge in [-0.2, -0.15) is 0 Å². The van der Waals surface area contributed by atoms with E-state index in [1.807, 2.05) is 24.0 Å². The van der Waals surface area contributed by atoms with Crippen LogP contribution in [0.1, 0.15) is 16.7 Å². The van der Waals surface area contributed by atoms with Crippen molar-refractivity contribution in [2.24, 2.45) is 12.8 Å². The van der Waals surface area contributed by atoms with Gasteiger partial charge in [0.25, 0.3) is 0 Å². The second kappa shape index (κ2) is 4.25. The van der Waals surface area contributed by atoms with Gasteiger partial charge in [0.1, 0.15) is 5.82 Å². The first kappa shape index (κ1) is 11.0. The fourth-order valence-corrected chi connectivity index (χ4v) is 3.98. The monoisotopic (exact) mass is 263 g/mol. The van der Waals surface area contributed by atoms with E-state index in [0.717, 1.165) is 12.2 Å². The standard InChI is InChI=1S/C12H13N3S2/c1-15-4-3-14-12(15)6-8(13)10-7-11-9(17-10)2-5-16-11/h2-5,7-8H,6,13H2,1H3. The number of fused-ring (bicyclic) bond motifs is 1. The lowest BCUT2D eigenvalue weighted by Gasteiger charge is -2.08. The SMILES string of the molecule is Cn1ccnc1CC(N)c1cc2sccc2s1.